The van der Waals surface area contributed by atoms with Crippen LogP contribution in [0.5, 0.6) is 5.75 Å². The highest BCUT2D eigenvalue weighted by atomic mass is 32.2. The fraction of sp³-hybridized carbons (Fsp3) is 0.455. The molecule has 0 aliphatic carbocycles. The molecule has 1 aromatic rings. The third-order valence-electron chi connectivity index (χ3n) is 2.61. The molecule has 1 aliphatic rings. The summed E-state index contributed by atoms with van der Waals surface area (Å²) in [5.41, 5.74) is -0.699. The second-order valence-electron chi connectivity index (χ2n) is 3.79. The van der Waals surface area contributed by atoms with Crippen LogP contribution in [0.1, 0.15) is 0 Å². The van der Waals surface area contributed by atoms with Gasteiger partial charge in [0, 0.05) is 0 Å². The van der Waals surface area contributed by atoms with E-state index in [0.29, 0.717) is 4.90 Å². The predicted molar refractivity (Wildman–Crippen MR) is 61.7 cm³/mol. The molecule has 0 amide bonds. The average molecular weight is 258 g/mol. The van der Waals surface area contributed by atoms with Crippen molar-refractivity contribution in [3.05, 3.63) is 24.3 Å². The Kier molecular flexibility index (Phi) is 3.90. The van der Waals surface area contributed by atoms with Gasteiger partial charge in [0.1, 0.15) is 29.5 Å². The van der Waals surface area contributed by atoms with Crippen LogP contribution in [0.3, 0.4) is 0 Å². The molecule has 5 nitrogen and oxygen atoms in total. The van der Waals surface area contributed by atoms with E-state index in [2.05, 4.69) is 0 Å². The molecule has 0 radical (unpaired) electrons. The molecule has 94 valence electrons. The first-order valence-corrected chi connectivity index (χ1v) is 6.08. The average Bonchev–Trinajstić information content (AvgIpc) is 2.60. The van der Waals surface area contributed by atoms with Crippen molar-refractivity contribution in [2.75, 3.05) is 6.61 Å². The lowest BCUT2D eigenvalue weighted by Crippen LogP contribution is -2.33. The molecule has 1 aliphatic heterocycles. The largest absolute Gasteiger partial charge is 0.507 e. The maximum atomic E-state index is 9.72. The van der Waals surface area contributed by atoms with Crippen LogP contribution in [0.2, 0.25) is 0 Å². The quantitative estimate of drug-likeness (QED) is 0.606. The summed E-state index contributed by atoms with van der Waals surface area (Å²) in [4.78, 5) is 0.558. The standard InChI is InChI=1S/C11H14O5S/c12-5-7-9(14)10(15)11(16-7)17-8-4-2-1-3-6(8)13/h1-4,7,9-15H,5H2/t7-,9-,10+,11-/m0/s1. The molecule has 6 heteroatoms. The Morgan fingerprint density at radius 3 is 2.47 bits per heavy atom. The summed E-state index contributed by atoms with van der Waals surface area (Å²) >= 11 is 1.12. The number of phenols is 1. The van der Waals surface area contributed by atoms with E-state index in [1.165, 1.54) is 6.07 Å². The van der Waals surface area contributed by atoms with Gasteiger partial charge in [-0.05, 0) is 12.1 Å². The van der Waals surface area contributed by atoms with Gasteiger partial charge in [0.25, 0.3) is 0 Å². The summed E-state index contributed by atoms with van der Waals surface area (Å²) in [5.74, 6) is 0.0928. The second kappa shape index (κ2) is 5.24. The van der Waals surface area contributed by atoms with Crippen LogP contribution in [-0.2, 0) is 4.74 Å². The minimum Gasteiger partial charge on any atom is -0.507 e. The molecule has 4 atom stereocenters. The van der Waals surface area contributed by atoms with E-state index >= 15 is 0 Å². The number of aliphatic hydroxyl groups is 3. The lowest BCUT2D eigenvalue weighted by Gasteiger charge is -2.14. The molecule has 1 heterocycles. The van der Waals surface area contributed by atoms with E-state index in [-0.39, 0.29) is 12.4 Å². The Labute approximate surface area is 103 Å². The number of benzene rings is 1. The molecule has 17 heavy (non-hydrogen) atoms. The molecule has 1 saturated heterocycles. The zero-order chi connectivity index (χ0) is 12.4. The van der Waals surface area contributed by atoms with Crippen LogP contribution in [0.15, 0.2) is 29.2 Å². The fourth-order valence-corrected chi connectivity index (χ4v) is 2.74. The maximum Gasteiger partial charge on any atom is 0.136 e. The van der Waals surface area contributed by atoms with Crippen molar-refractivity contribution in [3.8, 4) is 5.75 Å². The van der Waals surface area contributed by atoms with Crippen molar-refractivity contribution in [3.63, 3.8) is 0 Å². The highest BCUT2D eigenvalue weighted by molar-refractivity contribution is 8.00. The van der Waals surface area contributed by atoms with Crippen molar-refractivity contribution in [1.29, 1.82) is 0 Å². The molecule has 1 aromatic carbocycles. The van der Waals surface area contributed by atoms with Crippen LogP contribution < -0.4 is 0 Å². The molecule has 0 spiro atoms. The van der Waals surface area contributed by atoms with Gasteiger partial charge in [0.05, 0.1) is 11.5 Å². The van der Waals surface area contributed by atoms with Crippen molar-refractivity contribution >= 4 is 11.8 Å². The highest BCUT2D eigenvalue weighted by Gasteiger charge is 2.42. The van der Waals surface area contributed by atoms with Gasteiger partial charge in [-0.1, -0.05) is 23.9 Å². The smallest absolute Gasteiger partial charge is 0.136 e. The van der Waals surface area contributed by atoms with Gasteiger partial charge in [-0.15, -0.1) is 0 Å². The van der Waals surface area contributed by atoms with Crippen LogP contribution in [-0.4, -0.2) is 50.8 Å². The van der Waals surface area contributed by atoms with Gasteiger partial charge in [-0.25, -0.2) is 0 Å². The van der Waals surface area contributed by atoms with Gasteiger partial charge in [-0.2, -0.15) is 0 Å². The van der Waals surface area contributed by atoms with Crippen molar-refractivity contribution < 1.29 is 25.2 Å². The maximum absolute atomic E-state index is 9.72. The van der Waals surface area contributed by atoms with Gasteiger partial charge in [-0.3, -0.25) is 0 Å². The second-order valence-corrected chi connectivity index (χ2v) is 4.93. The molecule has 0 aromatic heterocycles. The molecule has 4 N–H and O–H groups in total. The van der Waals surface area contributed by atoms with Gasteiger partial charge < -0.3 is 25.2 Å². The Morgan fingerprint density at radius 1 is 1.18 bits per heavy atom. The highest BCUT2D eigenvalue weighted by Crippen LogP contribution is 2.37. The lowest BCUT2D eigenvalue weighted by molar-refractivity contribution is -0.00808. The Bertz CT molecular complexity index is 386. The molecular weight excluding hydrogens is 244 g/mol. The molecule has 1 fully saturated rings. The lowest BCUT2D eigenvalue weighted by atomic mass is 10.2. The SMILES string of the molecule is OC[C@@H]1O[C@@H](Sc2ccccc2O)[C@H](O)[C@H]1O. The van der Waals surface area contributed by atoms with E-state index in [1.807, 2.05) is 0 Å². The monoisotopic (exact) mass is 258 g/mol. The minimum absolute atomic E-state index is 0.0928. The number of aromatic hydroxyl groups is 1. The number of phenolic OH excluding ortho intramolecular Hbond substituents is 1. The number of hydrogen-bond donors (Lipinski definition) is 4. The number of hydrogen-bond acceptors (Lipinski definition) is 6. The predicted octanol–water partition coefficient (Wildman–Crippen LogP) is -0.0767. The zero-order valence-electron chi connectivity index (χ0n) is 8.93. The summed E-state index contributed by atoms with van der Waals surface area (Å²) < 4.78 is 5.30. The van der Waals surface area contributed by atoms with Crippen LogP contribution >= 0.6 is 11.8 Å². The summed E-state index contributed by atoms with van der Waals surface area (Å²) in [6, 6.07) is 6.67. The zero-order valence-corrected chi connectivity index (χ0v) is 9.75. The van der Waals surface area contributed by atoms with Gasteiger partial charge in [0.2, 0.25) is 0 Å². The van der Waals surface area contributed by atoms with E-state index < -0.39 is 23.7 Å². The first-order valence-electron chi connectivity index (χ1n) is 5.20. The number of ether oxygens (including phenoxy) is 1. The Hall–Kier alpha value is -0.790. The third kappa shape index (κ3) is 2.56. The summed E-state index contributed by atoms with van der Waals surface area (Å²) in [5, 5.41) is 37.8. The van der Waals surface area contributed by atoms with Crippen molar-refractivity contribution in [2.45, 2.75) is 28.6 Å². The minimum atomic E-state index is -1.11. The van der Waals surface area contributed by atoms with E-state index in [0.717, 1.165) is 11.8 Å². The van der Waals surface area contributed by atoms with Gasteiger partial charge >= 0.3 is 0 Å². The molecule has 0 saturated carbocycles. The van der Waals surface area contributed by atoms with E-state index in [9.17, 15) is 15.3 Å². The fourth-order valence-electron chi connectivity index (χ4n) is 1.64. The Morgan fingerprint density at radius 2 is 1.88 bits per heavy atom. The first kappa shape index (κ1) is 12.7. The number of para-hydroxylation sites is 1. The number of aliphatic hydroxyl groups excluding tert-OH is 3. The summed E-state index contributed by atoms with van der Waals surface area (Å²) in [7, 11) is 0. The topological polar surface area (TPSA) is 90.2 Å². The first-order chi connectivity index (χ1) is 8.13. The normalized spacial score (nSPS) is 32.9. The molecule has 0 unspecified atom stereocenters. The third-order valence-corrected chi connectivity index (χ3v) is 3.83. The number of rotatable bonds is 3. The summed E-state index contributed by atoms with van der Waals surface area (Å²) in [6.07, 6.45) is -2.98. The Balaban J connectivity index is 2.08. The number of thioether (sulfide) groups is 1. The van der Waals surface area contributed by atoms with Gasteiger partial charge in [0.15, 0.2) is 0 Å². The molecule has 0 bridgehead atoms. The van der Waals surface area contributed by atoms with Crippen LogP contribution in [0.4, 0.5) is 0 Å². The van der Waals surface area contributed by atoms with E-state index in [1.54, 1.807) is 18.2 Å². The van der Waals surface area contributed by atoms with Crippen molar-refractivity contribution in [2.24, 2.45) is 0 Å². The summed E-state index contributed by atoms with van der Waals surface area (Å²) in [6.45, 7) is -0.351. The van der Waals surface area contributed by atoms with E-state index in [4.69, 9.17) is 9.84 Å². The molecule has 2 rings (SSSR count). The van der Waals surface area contributed by atoms with Crippen LogP contribution in [0.25, 0.3) is 0 Å². The molecular formula is C11H14O5S. The van der Waals surface area contributed by atoms with Crippen LogP contribution in [0, 0.1) is 0 Å². The van der Waals surface area contributed by atoms with Crippen molar-refractivity contribution in [1.82, 2.24) is 0 Å².